The summed E-state index contributed by atoms with van der Waals surface area (Å²) < 4.78 is 0. The molecule has 1 amide bonds. The van der Waals surface area contributed by atoms with Gasteiger partial charge < -0.3 is 4.90 Å². The first kappa shape index (κ1) is 18.5. The number of carbonyl (C=O) groups excluding carboxylic acids is 1. The Labute approximate surface area is 167 Å². The van der Waals surface area contributed by atoms with Gasteiger partial charge in [-0.15, -0.1) is 0 Å². The Morgan fingerprint density at radius 1 is 0.786 bits per heavy atom. The van der Waals surface area contributed by atoms with Crippen LogP contribution in [0.5, 0.6) is 0 Å². The maximum absolute atomic E-state index is 13.0. The van der Waals surface area contributed by atoms with E-state index in [1.165, 1.54) is 29.5 Å². The average molecular weight is 370 g/mol. The van der Waals surface area contributed by atoms with Crippen molar-refractivity contribution in [3.05, 3.63) is 96.1 Å². The number of hydrogen-bond donors (Lipinski definition) is 0. The number of amides is 1. The van der Waals surface area contributed by atoms with E-state index in [0.29, 0.717) is 12.3 Å². The Bertz CT molecular complexity index is 887. The van der Waals surface area contributed by atoms with E-state index in [1.54, 1.807) is 0 Å². The number of rotatable bonds is 4. The first-order chi connectivity index (χ1) is 13.8. The van der Waals surface area contributed by atoms with Crippen LogP contribution in [0.15, 0.2) is 84.9 Å². The number of nitrogens with zero attached hydrogens (tertiary/aromatic N) is 1. The lowest BCUT2D eigenvalue weighted by Crippen LogP contribution is -2.35. The molecule has 3 aromatic rings. The SMILES string of the molecule is O=C(Cc1ccc(-c2ccccc2)cc1)N1CCCCC(c2ccccc2)C1. The van der Waals surface area contributed by atoms with Gasteiger partial charge in [0.2, 0.25) is 5.91 Å². The van der Waals surface area contributed by atoms with Crippen LogP contribution in [0.1, 0.15) is 36.3 Å². The molecule has 1 aliphatic rings. The molecule has 1 atom stereocenters. The van der Waals surface area contributed by atoms with Crippen LogP contribution in [0, 0.1) is 0 Å². The summed E-state index contributed by atoms with van der Waals surface area (Å²) in [6.07, 6.45) is 3.94. The number of likely N-dealkylation sites (tertiary alicyclic amines) is 1. The zero-order valence-corrected chi connectivity index (χ0v) is 16.3. The van der Waals surface area contributed by atoms with Crippen LogP contribution in [-0.4, -0.2) is 23.9 Å². The van der Waals surface area contributed by atoms with Gasteiger partial charge in [0.25, 0.3) is 0 Å². The molecule has 1 aliphatic heterocycles. The van der Waals surface area contributed by atoms with Gasteiger partial charge in [-0.25, -0.2) is 0 Å². The summed E-state index contributed by atoms with van der Waals surface area (Å²) in [6, 6.07) is 29.4. The zero-order valence-electron chi connectivity index (χ0n) is 16.3. The average Bonchev–Trinajstić information content (AvgIpc) is 3.02. The Morgan fingerprint density at radius 3 is 2.14 bits per heavy atom. The Morgan fingerprint density at radius 2 is 1.43 bits per heavy atom. The van der Waals surface area contributed by atoms with Crippen LogP contribution in [-0.2, 0) is 11.2 Å². The first-order valence-electron chi connectivity index (χ1n) is 10.3. The lowest BCUT2D eigenvalue weighted by Gasteiger charge is -2.25. The molecule has 1 unspecified atom stereocenters. The molecule has 1 fully saturated rings. The van der Waals surface area contributed by atoms with Crippen molar-refractivity contribution in [2.24, 2.45) is 0 Å². The number of benzene rings is 3. The van der Waals surface area contributed by atoms with Crippen LogP contribution in [0.2, 0.25) is 0 Å². The molecule has 142 valence electrons. The van der Waals surface area contributed by atoms with E-state index in [2.05, 4.69) is 83.8 Å². The van der Waals surface area contributed by atoms with Crippen molar-refractivity contribution in [3.63, 3.8) is 0 Å². The van der Waals surface area contributed by atoms with E-state index in [0.717, 1.165) is 25.1 Å². The van der Waals surface area contributed by atoms with Crippen molar-refractivity contribution in [2.75, 3.05) is 13.1 Å². The van der Waals surface area contributed by atoms with Gasteiger partial charge in [0.15, 0.2) is 0 Å². The van der Waals surface area contributed by atoms with Gasteiger partial charge in [0.05, 0.1) is 6.42 Å². The topological polar surface area (TPSA) is 20.3 Å². The second kappa shape index (κ2) is 8.88. The Hall–Kier alpha value is -2.87. The van der Waals surface area contributed by atoms with Crippen molar-refractivity contribution < 1.29 is 4.79 Å². The summed E-state index contributed by atoms with van der Waals surface area (Å²) >= 11 is 0. The van der Waals surface area contributed by atoms with Crippen LogP contribution in [0.3, 0.4) is 0 Å². The van der Waals surface area contributed by atoms with Gasteiger partial charge in [-0.05, 0) is 35.1 Å². The molecule has 4 rings (SSSR count). The van der Waals surface area contributed by atoms with Gasteiger partial charge in [0, 0.05) is 19.0 Å². The Kier molecular flexibility index (Phi) is 5.86. The normalized spacial score (nSPS) is 17.1. The van der Waals surface area contributed by atoms with Crippen LogP contribution >= 0.6 is 0 Å². The molecule has 2 nitrogen and oxygen atoms in total. The summed E-state index contributed by atoms with van der Waals surface area (Å²) in [5.41, 5.74) is 4.84. The van der Waals surface area contributed by atoms with Crippen molar-refractivity contribution in [1.82, 2.24) is 4.90 Å². The smallest absolute Gasteiger partial charge is 0.227 e. The van der Waals surface area contributed by atoms with Crippen LogP contribution in [0.4, 0.5) is 0 Å². The third-order valence-corrected chi connectivity index (χ3v) is 5.71. The highest BCUT2D eigenvalue weighted by Gasteiger charge is 2.23. The fourth-order valence-corrected chi connectivity index (χ4v) is 4.10. The fourth-order valence-electron chi connectivity index (χ4n) is 4.10. The number of carbonyl (C=O) groups is 1. The predicted molar refractivity (Wildman–Crippen MR) is 115 cm³/mol. The molecule has 0 radical (unpaired) electrons. The van der Waals surface area contributed by atoms with E-state index in [4.69, 9.17) is 0 Å². The summed E-state index contributed by atoms with van der Waals surface area (Å²) in [5.74, 6) is 0.698. The molecular weight excluding hydrogens is 342 g/mol. The molecule has 0 aromatic heterocycles. The summed E-state index contributed by atoms with van der Waals surface area (Å²) in [7, 11) is 0. The number of hydrogen-bond acceptors (Lipinski definition) is 1. The van der Waals surface area contributed by atoms with Gasteiger partial charge in [-0.2, -0.15) is 0 Å². The minimum atomic E-state index is 0.246. The lowest BCUT2D eigenvalue weighted by atomic mass is 9.94. The first-order valence-corrected chi connectivity index (χ1v) is 10.3. The molecule has 0 aliphatic carbocycles. The monoisotopic (exact) mass is 369 g/mol. The fraction of sp³-hybridized carbons (Fsp3) is 0.269. The zero-order chi connectivity index (χ0) is 19.2. The maximum atomic E-state index is 13.0. The quantitative estimate of drug-likeness (QED) is 0.578. The third kappa shape index (κ3) is 4.51. The molecule has 1 saturated heterocycles. The second-order valence-electron chi connectivity index (χ2n) is 7.68. The minimum Gasteiger partial charge on any atom is -0.342 e. The molecule has 0 spiro atoms. The predicted octanol–water partition coefficient (Wildman–Crippen LogP) is 5.69. The van der Waals surface area contributed by atoms with Crippen LogP contribution in [0.25, 0.3) is 11.1 Å². The molecule has 0 N–H and O–H groups in total. The van der Waals surface area contributed by atoms with E-state index < -0.39 is 0 Å². The van der Waals surface area contributed by atoms with E-state index in [9.17, 15) is 4.79 Å². The van der Waals surface area contributed by atoms with Crippen molar-refractivity contribution in [2.45, 2.75) is 31.6 Å². The molecule has 28 heavy (non-hydrogen) atoms. The standard InChI is InChI=1S/C26H27NO/c28-26(19-21-14-16-24(17-15-21)22-9-3-1-4-10-22)27-18-8-7-13-25(20-27)23-11-5-2-6-12-23/h1-6,9-12,14-17,25H,7-8,13,18-20H2. The summed E-state index contributed by atoms with van der Waals surface area (Å²) in [5, 5.41) is 0. The lowest BCUT2D eigenvalue weighted by molar-refractivity contribution is -0.130. The van der Waals surface area contributed by atoms with E-state index in [1.807, 2.05) is 6.07 Å². The van der Waals surface area contributed by atoms with Crippen molar-refractivity contribution >= 4 is 5.91 Å². The second-order valence-corrected chi connectivity index (χ2v) is 7.68. The molecule has 3 aromatic carbocycles. The Balaban J connectivity index is 1.42. The molecule has 0 bridgehead atoms. The largest absolute Gasteiger partial charge is 0.342 e. The van der Waals surface area contributed by atoms with Crippen molar-refractivity contribution in [3.8, 4) is 11.1 Å². The third-order valence-electron chi connectivity index (χ3n) is 5.71. The molecular formula is C26H27NO. The summed E-state index contributed by atoms with van der Waals surface area (Å²) in [4.78, 5) is 15.1. The molecule has 0 saturated carbocycles. The van der Waals surface area contributed by atoms with Gasteiger partial charge >= 0.3 is 0 Å². The van der Waals surface area contributed by atoms with Crippen LogP contribution < -0.4 is 0 Å². The van der Waals surface area contributed by atoms with Gasteiger partial charge in [-0.1, -0.05) is 91.3 Å². The highest BCUT2D eigenvalue weighted by Crippen LogP contribution is 2.27. The van der Waals surface area contributed by atoms with Gasteiger partial charge in [0.1, 0.15) is 0 Å². The van der Waals surface area contributed by atoms with E-state index >= 15 is 0 Å². The highest BCUT2D eigenvalue weighted by atomic mass is 16.2. The molecule has 2 heteroatoms. The van der Waals surface area contributed by atoms with Gasteiger partial charge in [-0.3, -0.25) is 4.79 Å². The van der Waals surface area contributed by atoms with Crippen molar-refractivity contribution in [1.29, 1.82) is 0 Å². The minimum absolute atomic E-state index is 0.246. The molecule has 1 heterocycles. The summed E-state index contributed by atoms with van der Waals surface area (Å²) in [6.45, 7) is 1.72. The van der Waals surface area contributed by atoms with E-state index in [-0.39, 0.29) is 5.91 Å². The highest BCUT2D eigenvalue weighted by molar-refractivity contribution is 5.79. The maximum Gasteiger partial charge on any atom is 0.227 e.